The number of hydrogen-bond donors (Lipinski definition) is 0. The standard InChI is InChI=1S/C33H23N3O2/c1-23(2)33(37)38-28-17-13-25(14-18-28)10-9-24-11-15-26(16-12-24)27-21-31(29-7-3-5-19-34-29)36-32(22-27)30-8-4-6-20-35-30/h3-8,11-22H,1H2,2H3. The maximum absolute atomic E-state index is 11.7. The van der Waals surface area contributed by atoms with Gasteiger partial charge in [-0.2, -0.15) is 0 Å². The third-order valence-electron chi connectivity index (χ3n) is 5.66. The lowest BCUT2D eigenvalue weighted by molar-refractivity contribution is -0.130. The molecule has 5 heteroatoms. The molecule has 0 aliphatic heterocycles. The van der Waals surface area contributed by atoms with Crippen LogP contribution in [-0.4, -0.2) is 20.9 Å². The number of ether oxygens (including phenoxy) is 1. The van der Waals surface area contributed by atoms with Gasteiger partial charge in [-0.05, 0) is 90.8 Å². The topological polar surface area (TPSA) is 65.0 Å². The number of aromatic nitrogens is 3. The van der Waals surface area contributed by atoms with Gasteiger partial charge in [0.15, 0.2) is 0 Å². The maximum atomic E-state index is 11.7. The Morgan fingerprint density at radius 2 is 1.21 bits per heavy atom. The molecular weight excluding hydrogens is 470 g/mol. The zero-order valence-electron chi connectivity index (χ0n) is 20.8. The van der Waals surface area contributed by atoms with Crippen LogP contribution in [0.25, 0.3) is 33.9 Å². The van der Waals surface area contributed by atoms with Crippen molar-refractivity contribution in [3.05, 3.63) is 133 Å². The van der Waals surface area contributed by atoms with E-state index in [1.54, 1.807) is 31.5 Å². The molecule has 5 rings (SSSR count). The maximum Gasteiger partial charge on any atom is 0.338 e. The van der Waals surface area contributed by atoms with Gasteiger partial charge in [-0.15, -0.1) is 0 Å². The van der Waals surface area contributed by atoms with E-state index in [1.807, 2.05) is 84.9 Å². The number of hydrogen-bond acceptors (Lipinski definition) is 5. The summed E-state index contributed by atoms with van der Waals surface area (Å²) in [6, 6.07) is 30.8. The van der Waals surface area contributed by atoms with Gasteiger partial charge in [-0.25, -0.2) is 9.78 Å². The minimum absolute atomic E-state index is 0.352. The Hall–Kier alpha value is -5.34. The fourth-order valence-electron chi connectivity index (χ4n) is 3.68. The van der Waals surface area contributed by atoms with Gasteiger partial charge < -0.3 is 4.74 Å². The summed E-state index contributed by atoms with van der Waals surface area (Å²) >= 11 is 0. The van der Waals surface area contributed by atoms with Gasteiger partial charge in [0.25, 0.3) is 0 Å². The fraction of sp³-hybridized carbons (Fsp3) is 0.0303. The Labute approximate surface area is 221 Å². The second-order valence-corrected chi connectivity index (χ2v) is 8.58. The molecule has 5 nitrogen and oxygen atoms in total. The average molecular weight is 494 g/mol. The molecule has 0 amide bonds. The van der Waals surface area contributed by atoms with Crippen LogP contribution in [0.3, 0.4) is 0 Å². The summed E-state index contributed by atoms with van der Waals surface area (Å²) in [5, 5.41) is 0. The highest BCUT2D eigenvalue weighted by Gasteiger charge is 2.10. The van der Waals surface area contributed by atoms with E-state index < -0.39 is 5.97 Å². The molecule has 0 fully saturated rings. The highest BCUT2D eigenvalue weighted by atomic mass is 16.5. The van der Waals surface area contributed by atoms with Crippen molar-refractivity contribution < 1.29 is 9.53 Å². The number of benzene rings is 2. The summed E-state index contributed by atoms with van der Waals surface area (Å²) in [5.74, 6) is 6.35. The zero-order valence-corrected chi connectivity index (χ0v) is 20.8. The Kier molecular flexibility index (Phi) is 7.15. The molecule has 0 saturated heterocycles. The molecule has 0 aliphatic rings. The molecule has 0 spiro atoms. The number of carbonyl (C=O) groups excluding carboxylic acids is 1. The molecule has 38 heavy (non-hydrogen) atoms. The van der Waals surface area contributed by atoms with Crippen LogP contribution in [0, 0.1) is 11.8 Å². The summed E-state index contributed by atoms with van der Waals surface area (Å²) in [7, 11) is 0. The molecule has 0 bridgehead atoms. The van der Waals surface area contributed by atoms with Crippen molar-refractivity contribution in [1.82, 2.24) is 15.0 Å². The molecule has 0 unspecified atom stereocenters. The lowest BCUT2D eigenvalue weighted by Gasteiger charge is -2.09. The molecule has 3 heterocycles. The fourth-order valence-corrected chi connectivity index (χ4v) is 3.68. The third kappa shape index (κ3) is 5.89. The normalized spacial score (nSPS) is 10.2. The summed E-state index contributed by atoms with van der Waals surface area (Å²) in [6.45, 7) is 5.20. The summed E-state index contributed by atoms with van der Waals surface area (Å²) in [5.41, 5.74) is 7.27. The van der Waals surface area contributed by atoms with Crippen molar-refractivity contribution in [2.75, 3.05) is 0 Å². The van der Waals surface area contributed by atoms with Gasteiger partial charge in [0, 0.05) is 29.1 Å². The quantitative estimate of drug-likeness (QED) is 0.117. The van der Waals surface area contributed by atoms with Gasteiger partial charge in [-0.3, -0.25) is 9.97 Å². The molecule has 0 saturated carbocycles. The van der Waals surface area contributed by atoms with E-state index in [-0.39, 0.29) is 0 Å². The number of esters is 1. The monoisotopic (exact) mass is 493 g/mol. The number of carbonyl (C=O) groups is 1. The Morgan fingerprint density at radius 3 is 1.68 bits per heavy atom. The predicted octanol–water partition coefficient (Wildman–Crippen LogP) is 6.75. The number of rotatable bonds is 5. The van der Waals surface area contributed by atoms with E-state index >= 15 is 0 Å². The lowest BCUT2D eigenvalue weighted by Crippen LogP contribution is -2.07. The van der Waals surface area contributed by atoms with Crippen LogP contribution in [0.15, 0.2) is 122 Å². The van der Waals surface area contributed by atoms with Crippen molar-refractivity contribution in [1.29, 1.82) is 0 Å². The molecule has 0 atom stereocenters. The van der Waals surface area contributed by atoms with Gasteiger partial charge in [0.05, 0.1) is 22.8 Å². The van der Waals surface area contributed by atoms with E-state index in [0.717, 1.165) is 45.0 Å². The molecule has 2 aromatic carbocycles. The van der Waals surface area contributed by atoms with Crippen LogP contribution in [0.4, 0.5) is 0 Å². The van der Waals surface area contributed by atoms with Crippen molar-refractivity contribution >= 4 is 5.97 Å². The molecule has 5 aromatic rings. The van der Waals surface area contributed by atoms with E-state index in [4.69, 9.17) is 9.72 Å². The first-order chi connectivity index (χ1) is 18.5. The summed E-state index contributed by atoms with van der Waals surface area (Å²) in [4.78, 5) is 25.5. The molecule has 3 aromatic heterocycles. The number of nitrogens with zero attached hydrogens (tertiary/aromatic N) is 3. The first kappa shape index (κ1) is 24.4. The first-order valence-electron chi connectivity index (χ1n) is 12.0. The molecule has 0 aliphatic carbocycles. The van der Waals surface area contributed by atoms with E-state index in [9.17, 15) is 4.79 Å². The van der Waals surface area contributed by atoms with Crippen LogP contribution in [0.5, 0.6) is 5.75 Å². The average Bonchev–Trinajstić information content (AvgIpc) is 2.97. The second-order valence-electron chi connectivity index (χ2n) is 8.58. The molecular formula is C33H23N3O2. The third-order valence-corrected chi connectivity index (χ3v) is 5.66. The van der Waals surface area contributed by atoms with E-state index in [0.29, 0.717) is 11.3 Å². The van der Waals surface area contributed by atoms with Crippen LogP contribution < -0.4 is 4.74 Å². The Morgan fingerprint density at radius 1 is 0.684 bits per heavy atom. The van der Waals surface area contributed by atoms with Gasteiger partial charge in [-0.1, -0.05) is 42.7 Å². The van der Waals surface area contributed by atoms with Crippen LogP contribution in [0.2, 0.25) is 0 Å². The van der Waals surface area contributed by atoms with Crippen molar-refractivity contribution in [2.45, 2.75) is 6.92 Å². The SMILES string of the molecule is C=C(C)C(=O)Oc1ccc(C#Cc2ccc(-c3cc(-c4ccccn4)nc(-c4ccccn4)c3)cc2)cc1. The Balaban J connectivity index is 1.40. The summed E-state index contributed by atoms with van der Waals surface area (Å²) < 4.78 is 5.22. The molecule has 0 radical (unpaired) electrons. The Bertz CT molecular complexity index is 1590. The zero-order chi connectivity index (χ0) is 26.3. The predicted molar refractivity (Wildman–Crippen MR) is 149 cm³/mol. The van der Waals surface area contributed by atoms with Gasteiger partial charge >= 0.3 is 5.97 Å². The number of pyridine rings is 3. The minimum Gasteiger partial charge on any atom is -0.423 e. The highest BCUT2D eigenvalue weighted by Crippen LogP contribution is 2.29. The van der Waals surface area contributed by atoms with Crippen LogP contribution in [-0.2, 0) is 4.79 Å². The van der Waals surface area contributed by atoms with Gasteiger partial charge in [0.1, 0.15) is 5.75 Å². The second kappa shape index (κ2) is 11.2. The van der Waals surface area contributed by atoms with E-state index in [2.05, 4.69) is 28.4 Å². The molecule has 182 valence electrons. The smallest absolute Gasteiger partial charge is 0.338 e. The molecule has 0 N–H and O–H groups in total. The first-order valence-corrected chi connectivity index (χ1v) is 12.0. The van der Waals surface area contributed by atoms with Gasteiger partial charge in [0.2, 0.25) is 0 Å². The van der Waals surface area contributed by atoms with Crippen molar-refractivity contribution in [3.63, 3.8) is 0 Å². The van der Waals surface area contributed by atoms with Crippen molar-refractivity contribution in [2.24, 2.45) is 0 Å². The van der Waals surface area contributed by atoms with Crippen molar-refractivity contribution in [3.8, 4) is 51.5 Å². The highest BCUT2D eigenvalue weighted by molar-refractivity contribution is 5.88. The minimum atomic E-state index is -0.447. The van der Waals surface area contributed by atoms with Crippen LogP contribution in [0.1, 0.15) is 18.1 Å². The largest absolute Gasteiger partial charge is 0.423 e. The lowest BCUT2D eigenvalue weighted by atomic mass is 10.0. The summed E-state index contributed by atoms with van der Waals surface area (Å²) in [6.07, 6.45) is 3.53. The van der Waals surface area contributed by atoms with Crippen LogP contribution >= 0.6 is 0 Å². The van der Waals surface area contributed by atoms with E-state index in [1.165, 1.54) is 0 Å².